The van der Waals surface area contributed by atoms with Crippen molar-refractivity contribution in [3.05, 3.63) is 54.1 Å². The molecule has 2 aromatic carbocycles. The lowest BCUT2D eigenvalue weighted by Crippen LogP contribution is -2.27. The van der Waals surface area contributed by atoms with Crippen LogP contribution in [0.15, 0.2) is 48.5 Å². The summed E-state index contributed by atoms with van der Waals surface area (Å²) in [6.45, 7) is 2.13. The minimum absolute atomic E-state index is 0.160. The van der Waals surface area contributed by atoms with Crippen molar-refractivity contribution in [1.29, 1.82) is 0 Å². The van der Waals surface area contributed by atoms with E-state index in [9.17, 15) is 4.79 Å². The summed E-state index contributed by atoms with van der Waals surface area (Å²) in [6, 6.07) is 16.3. The molecule has 1 aliphatic rings. The molecular formula is C19H18N2OS. The van der Waals surface area contributed by atoms with Gasteiger partial charge < -0.3 is 0 Å². The molecule has 0 bridgehead atoms. The summed E-state index contributed by atoms with van der Waals surface area (Å²) in [4.78, 5) is 19.3. The summed E-state index contributed by atoms with van der Waals surface area (Å²) >= 11 is 1.58. The van der Waals surface area contributed by atoms with E-state index in [0.717, 1.165) is 40.3 Å². The van der Waals surface area contributed by atoms with E-state index in [0.29, 0.717) is 0 Å². The summed E-state index contributed by atoms with van der Waals surface area (Å²) in [7, 11) is 0. The molecule has 0 radical (unpaired) electrons. The second-order valence-corrected chi connectivity index (χ2v) is 6.94. The third kappa shape index (κ3) is 2.75. The van der Waals surface area contributed by atoms with E-state index in [1.807, 2.05) is 35.2 Å². The molecule has 0 atom stereocenters. The molecule has 1 aromatic heterocycles. The highest BCUT2D eigenvalue weighted by Gasteiger charge is 2.36. The first-order valence-corrected chi connectivity index (χ1v) is 8.86. The Kier molecular flexibility index (Phi) is 3.62. The van der Waals surface area contributed by atoms with Crippen LogP contribution in [0.2, 0.25) is 0 Å². The molecule has 1 saturated carbocycles. The molecule has 0 spiro atoms. The molecule has 116 valence electrons. The maximum atomic E-state index is 12.8. The fourth-order valence-electron chi connectivity index (χ4n) is 2.68. The molecule has 1 heterocycles. The third-order valence-electron chi connectivity index (χ3n) is 4.22. The third-order valence-corrected chi connectivity index (χ3v) is 5.25. The number of fused-ring (bicyclic) bond motifs is 1. The predicted molar refractivity (Wildman–Crippen MR) is 95.3 cm³/mol. The number of nitrogens with zero attached hydrogens (tertiary/aromatic N) is 2. The van der Waals surface area contributed by atoms with Gasteiger partial charge in [-0.15, -0.1) is 0 Å². The zero-order chi connectivity index (χ0) is 15.8. The van der Waals surface area contributed by atoms with E-state index in [1.54, 1.807) is 11.3 Å². The lowest BCUT2D eigenvalue weighted by atomic mass is 10.1. The Morgan fingerprint density at radius 3 is 2.57 bits per heavy atom. The fourth-order valence-corrected chi connectivity index (χ4v) is 3.67. The number of carbonyl (C=O) groups excluding carboxylic acids is 1. The Balaban J connectivity index is 1.79. The monoisotopic (exact) mass is 322 g/mol. The summed E-state index contributed by atoms with van der Waals surface area (Å²) < 4.78 is 1.11. The van der Waals surface area contributed by atoms with Gasteiger partial charge in [-0.05, 0) is 49.1 Å². The van der Waals surface area contributed by atoms with Gasteiger partial charge in [0.15, 0.2) is 5.13 Å². The van der Waals surface area contributed by atoms with E-state index < -0.39 is 0 Å². The van der Waals surface area contributed by atoms with Crippen molar-refractivity contribution in [1.82, 2.24) is 4.98 Å². The minimum Gasteiger partial charge on any atom is -0.274 e. The van der Waals surface area contributed by atoms with Crippen LogP contribution >= 0.6 is 11.3 Å². The molecule has 0 saturated heterocycles. The van der Waals surface area contributed by atoms with Crippen LogP contribution in [0.3, 0.4) is 0 Å². The van der Waals surface area contributed by atoms with Crippen LogP contribution in [-0.2, 0) is 11.2 Å². The van der Waals surface area contributed by atoms with Crippen molar-refractivity contribution in [3.63, 3.8) is 0 Å². The molecule has 4 heteroatoms. The van der Waals surface area contributed by atoms with Gasteiger partial charge in [-0.2, -0.15) is 0 Å². The molecule has 4 rings (SSSR count). The Morgan fingerprint density at radius 2 is 1.91 bits per heavy atom. The second kappa shape index (κ2) is 5.78. The summed E-state index contributed by atoms with van der Waals surface area (Å²) in [6.07, 6.45) is 2.98. The van der Waals surface area contributed by atoms with Gasteiger partial charge in [0.2, 0.25) is 5.91 Å². The van der Waals surface area contributed by atoms with Crippen LogP contribution in [0.25, 0.3) is 10.2 Å². The molecule has 1 aliphatic carbocycles. The molecular weight excluding hydrogens is 304 g/mol. The average molecular weight is 322 g/mol. The molecule has 1 amide bonds. The van der Waals surface area contributed by atoms with Gasteiger partial charge in [-0.25, -0.2) is 4.98 Å². The Morgan fingerprint density at radius 1 is 1.17 bits per heavy atom. The Bertz CT molecular complexity index is 816. The van der Waals surface area contributed by atoms with Crippen LogP contribution in [0.4, 0.5) is 10.8 Å². The number of thiazole rings is 1. The zero-order valence-electron chi connectivity index (χ0n) is 13.0. The van der Waals surface area contributed by atoms with E-state index >= 15 is 0 Å². The van der Waals surface area contributed by atoms with Gasteiger partial charge in [0.05, 0.1) is 15.9 Å². The van der Waals surface area contributed by atoms with E-state index in [-0.39, 0.29) is 11.8 Å². The maximum Gasteiger partial charge on any atom is 0.236 e. The Labute approximate surface area is 139 Å². The normalized spacial score (nSPS) is 14.1. The van der Waals surface area contributed by atoms with Crippen molar-refractivity contribution >= 4 is 38.3 Å². The number of carbonyl (C=O) groups is 1. The molecule has 0 unspecified atom stereocenters. The zero-order valence-corrected chi connectivity index (χ0v) is 13.8. The topological polar surface area (TPSA) is 33.2 Å². The number of para-hydroxylation sites is 1. The van der Waals surface area contributed by atoms with Gasteiger partial charge in [0, 0.05) is 5.92 Å². The van der Waals surface area contributed by atoms with Crippen molar-refractivity contribution in [2.24, 2.45) is 5.92 Å². The van der Waals surface area contributed by atoms with Gasteiger partial charge >= 0.3 is 0 Å². The molecule has 3 aromatic rings. The van der Waals surface area contributed by atoms with Crippen molar-refractivity contribution in [2.45, 2.75) is 26.2 Å². The highest BCUT2D eigenvalue weighted by Crippen LogP contribution is 2.39. The number of aryl methyl sites for hydroxylation is 1. The van der Waals surface area contributed by atoms with Crippen molar-refractivity contribution in [3.8, 4) is 0 Å². The largest absolute Gasteiger partial charge is 0.274 e. The molecule has 1 fully saturated rings. The second-order valence-electron chi connectivity index (χ2n) is 5.93. The quantitative estimate of drug-likeness (QED) is 0.682. The lowest BCUT2D eigenvalue weighted by Gasteiger charge is -2.20. The van der Waals surface area contributed by atoms with E-state index in [2.05, 4.69) is 30.1 Å². The number of rotatable bonds is 4. The van der Waals surface area contributed by atoms with Gasteiger partial charge in [0.1, 0.15) is 0 Å². The average Bonchev–Trinajstić information content (AvgIpc) is 3.35. The van der Waals surface area contributed by atoms with Crippen LogP contribution in [0.5, 0.6) is 0 Å². The maximum absolute atomic E-state index is 12.8. The number of anilines is 2. The fraction of sp³-hybridized carbons (Fsp3) is 0.263. The highest BCUT2D eigenvalue weighted by molar-refractivity contribution is 7.22. The summed E-state index contributed by atoms with van der Waals surface area (Å²) in [5.41, 5.74) is 3.14. The molecule has 0 N–H and O–H groups in total. The van der Waals surface area contributed by atoms with Crippen LogP contribution in [-0.4, -0.2) is 10.9 Å². The van der Waals surface area contributed by atoms with Crippen LogP contribution < -0.4 is 4.90 Å². The van der Waals surface area contributed by atoms with Gasteiger partial charge in [-0.3, -0.25) is 9.69 Å². The van der Waals surface area contributed by atoms with Gasteiger partial charge in [-0.1, -0.05) is 42.5 Å². The molecule has 3 nitrogen and oxygen atoms in total. The van der Waals surface area contributed by atoms with Crippen LogP contribution in [0.1, 0.15) is 25.3 Å². The lowest BCUT2D eigenvalue weighted by molar-refractivity contribution is -0.119. The van der Waals surface area contributed by atoms with Gasteiger partial charge in [0.25, 0.3) is 0 Å². The van der Waals surface area contributed by atoms with E-state index in [4.69, 9.17) is 0 Å². The predicted octanol–water partition coefficient (Wildman–Crippen LogP) is 4.93. The number of aromatic nitrogens is 1. The number of hydrogen-bond donors (Lipinski definition) is 0. The molecule has 23 heavy (non-hydrogen) atoms. The minimum atomic E-state index is 0.160. The number of hydrogen-bond acceptors (Lipinski definition) is 3. The number of benzene rings is 2. The first-order chi connectivity index (χ1) is 11.3. The Hall–Kier alpha value is -2.20. The first-order valence-electron chi connectivity index (χ1n) is 8.04. The highest BCUT2D eigenvalue weighted by atomic mass is 32.1. The van der Waals surface area contributed by atoms with E-state index in [1.165, 1.54) is 5.56 Å². The van der Waals surface area contributed by atoms with Crippen molar-refractivity contribution < 1.29 is 4.79 Å². The summed E-state index contributed by atoms with van der Waals surface area (Å²) in [5, 5.41) is 0.771. The smallest absolute Gasteiger partial charge is 0.236 e. The molecule has 0 aliphatic heterocycles. The van der Waals surface area contributed by atoms with Crippen LogP contribution in [0, 0.1) is 5.92 Å². The standard InChI is InChI=1S/C19H18N2OS/c1-2-13-7-11-15(12-8-13)21(18(22)14-9-10-14)19-20-16-5-3-4-6-17(16)23-19/h3-8,11-12,14H,2,9-10H2,1H3. The SMILES string of the molecule is CCc1ccc(N(C(=O)C2CC2)c2nc3ccccc3s2)cc1. The van der Waals surface area contributed by atoms with Crippen molar-refractivity contribution in [2.75, 3.05) is 4.90 Å². The first kappa shape index (κ1) is 14.4. The summed E-state index contributed by atoms with van der Waals surface area (Å²) in [5.74, 6) is 0.334. The number of amides is 1.